The van der Waals surface area contributed by atoms with E-state index < -0.39 is 5.41 Å². The number of hydrogen-bond acceptors (Lipinski definition) is 4. The molecule has 2 aromatic rings. The number of Topliss-reactive ketones (excluding diaryl/α,β-unsaturated/α-hetero) is 1. The average Bonchev–Trinajstić information content (AvgIpc) is 2.99. The molecule has 0 N–H and O–H groups in total. The molecule has 0 saturated carbocycles. The van der Waals surface area contributed by atoms with Gasteiger partial charge in [-0.15, -0.1) is 0 Å². The average molecular weight is 303 g/mol. The highest BCUT2D eigenvalue weighted by atomic mass is 32.1. The molecule has 2 rings (SSSR count). The third-order valence-corrected chi connectivity index (χ3v) is 4.39. The normalized spacial score (nSPS) is 11.3. The van der Waals surface area contributed by atoms with Crippen LogP contribution in [-0.2, 0) is 5.41 Å². The summed E-state index contributed by atoms with van der Waals surface area (Å²) in [5.41, 5.74) is 2.15. The number of hydrogen-bond donors (Lipinski definition) is 0. The number of rotatable bonds is 5. The van der Waals surface area contributed by atoms with E-state index in [0.717, 1.165) is 22.6 Å². The Morgan fingerprint density at radius 2 is 1.95 bits per heavy atom. The molecule has 3 nitrogen and oxygen atoms in total. The number of anilines is 1. The molecule has 1 aromatic carbocycles. The van der Waals surface area contributed by atoms with Crippen molar-refractivity contribution in [1.29, 1.82) is 0 Å². The lowest BCUT2D eigenvalue weighted by atomic mass is 9.77. The lowest BCUT2D eigenvalue weighted by Gasteiger charge is -2.29. The largest absolute Gasteiger partial charge is 0.497 e. The van der Waals surface area contributed by atoms with E-state index in [-0.39, 0.29) is 5.78 Å². The number of carbonyl (C=O) groups excluding carboxylic acids is 1. The fourth-order valence-corrected chi connectivity index (χ4v) is 3.05. The zero-order valence-electron chi connectivity index (χ0n) is 13.1. The van der Waals surface area contributed by atoms with Crippen LogP contribution < -0.4 is 9.64 Å². The molecule has 0 fully saturated rings. The Morgan fingerprint density at radius 1 is 1.24 bits per heavy atom. The fourth-order valence-electron chi connectivity index (χ4n) is 2.41. The molecule has 0 atom stereocenters. The Kier molecular flexibility index (Phi) is 4.37. The van der Waals surface area contributed by atoms with Crippen molar-refractivity contribution in [2.24, 2.45) is 0 Å². The number of ketones is 1. The predicted octanol–water partition coefficient (Wildman–Crippen LogP) is 3.98. The minimum atomic E-state index is -0.616. The summed E-state index contributed by atoms with van der Waals surface area (Å²) < 4.78 is 5.33. The van der Waals surface area contributed by atoms with Crippen LogP contribution >= 0.6 is 11.3 Å². The summed E-state index contributed by atoms with van der Waals surface area (Å²) in [6, 6.07) is 7.75. The number of nitrogens with zero attached hydrogens (tertiary/aromatic N) is 1. The molecule has 1 heterocycles. The molecule has 0 radical (unpaired) electrons. The Hall–Kier alpha value is -1.81. The molecular weight excluding hydrogens is 282 g/mol. The molecule has 21 heavy (non-hydrogen) atoms. The van der Waals surface area contributed by atoms with Crippen molar-refractivity contribution in [3.8, 4) is 5.75 Å². The molecule has 0 aliphatic rings. The van der Waals surface area contributed by atoms with Gasteiger partial charge < -0.3 is 9.64 Å². The Morgan fingerprint density at radius 3 is 2.48 bits per heavy atom. The summed E-state index contributed by atoms with van der Waals surface area (Å²) in [5, 5.41) is 3.83. The monoisotopic (exact) mass is 303 g/mol. The Balaban J connectivity index is 2.54. The summed E-state index contributed by atoms with van der Waals surface area (Å²) in [6.07, 6.45) is 0. The van der Waals surface area contributed by atoms with Gasteiger partial charge in [0.2, 0.25) is 0 Å². The summed E-state index contributed by atoms with van der Waals surface area (Å²) in [4.78, 5) is 14.9. The quantitative estimate of drug-likeness (QED) is 0.782. The van der Waals surface area contributed by atoms with Gasteiger partial charge in [-0.3, -0.25) is 4.79 Å². The SMILES string of the molecule is COc1ccc(N(C)C)c(C(C)(C)C(=O)c2ccsc2)c1. The standard InChI is InChI=1S/C17H21NO2S/c1-17(2,16(19)12-8-9-21-11-12)14-10-13(20-5)6-7-15(14)18(3)4/h6-11H,1-5H3. The van der Waals surface area contributed by atoms with Crippen molar-refractivity contribution < 1.29 is 9.53 Å². The fraction of sp³-hybridized carbons (Fsp3) is 0.353. The van der Waals surface area contributed by atoms with Crippen LogP contribution in [0.15, 0.2) is 35.0 Å². The van der Waals surface area contributed by atoms with Gasteiger partial charge in [0.1, 0.15) is 5.75 Å². The molecule has 0 bridgehead atoms. The second-order valence-electron chi connectivity index (χ2n) is 5.74. The maximum Gasteiger partial charge on any atom is 0.173 e. The molecule has 0 aliphatic heterocycles. The van der Waals surface area contributed by atoms with Crippen LogP contribution in [0.2, 0.25) is 0 Å². The summed E-state index contributed by atoms with van der Waals surface area (Å²) in [7, 11) is 5.61. The van der Waals surface area contributed by atoms with Gasteiger partial charge in [-0.05, 0) is 49.1 Å². The molecule has 0 aliphatic carbocycles. The molecule has 4 heteroatoms. The second kappa shape index (κ2) is 5.90. The van der Waals surface area contributed by atoms with Crippen LogP contribution in [-0.4, -0.2) is 27.0 Å². The first-order valence-corrected chi connectivity index (χ1v) is 7.75. The zero-order chi connectivity index (χ0) is 15.6. The molecule has 0 unspecified atom stereocenters. The van der Waals surface area contributed by atoms with E-state index in [1.165, 1.54) is 0 Å². The number of thiophene rings is 1. The van der Waals surface area contributed by atoms with Crippen LogP contribution in [0.1, 0.15) is 29.8 Å². The van der Waals surface area contributed by atoms with Crippen LogP contribution in [0.3, 0.4) is 0 Å². The minimum Gasteiger partial charge on any atom is -0.497 e. The van der Waals surface area contributed by atoms with Gasteiger partial charge in [0, 0.05) is 30.7 Å². The number of carbonyl (C=O) groups is 1. The van der Waals surface area contributed by atoms with Crippen molar-refractivity contribution in [1.82, 2.24) is 0 Å². The minimum absolute atomic E-state index is 0.125. The van der Waals surface area contributed by atoms with Crippen molar-refractivity contribution in [2.45, 2.75) is 19.3 Å². The summed E-state index contributed by atoms with van der Waals surface area (Å²) in [5.74, 6) is 0.891. The lowest BCUT2D eigenvalue weighted by Crippen LogP contribution is -2.31. The van der Waals surface area contributed by atoms with Crippen molar-refractivity contribution in [2.75, 3.05) is 26.1 Å². The highest BCUT2D eigenvalue weighted by molar-refractivity contribution is 7.08. The van der Waals surface area contributed by atoms with E-state index >= 15 is 0 Å². The first kappa shape index (κ1) is 15.6. The molecule has 0 spiro atoms. The first-order chi connectivity index (χ1) is 9.87. The first-order valence-electron chi connectivity index (χ1n) is 6.80. The van der Waals surface area contributed by atoms with Crippen LogP contribution in [0, 0.1) is 0 Å². The van der Waals surface area contributed by atoms with Gasteiger partial charge in [-0.1, -0.05) is 0 Å². The third kappa shape index (κ3) is 2.95. The summed E-state index contributed by atoms with van der Waals surface area (Å²) in [6.45, 7) is 3.93. The van der Waals surface area contributed by atoms with Gasteiger partial charge in [-0.25, -0.2) is 0 Å². The highest BCUT2D eigenvalue weighted by Gasteiger charge is 2.33. The summed E-state index contributed by atoms with van der Waals surface area (Å²) >= 11 is 1.54. The molecule has 0 amide bonds. The van der Waals surface area contributed by atoms with Crippen molar-refractivity contribution in [3.63, 3.8) is 0 Å². The second-order valence-corrected chi connectivity index (χ2v) is 6.52. The molecule has 112 valence electrons. The maximum atomic E-state index is 12.8. The van der Waals surface area contributed by atoms with Gasteiger partial charge in [0.05, 0.1) is 12.5 Å². The Labute approximate surface area is 130 Å². The smallest absolute Gasteiger partial charge is 0.173 e. The van der Waals surface area contributed by atoms with Crippen LogP contribution in [0.4, 0.5) is 5.69 Å². The van der Waals surface area contributed by atoms with E-state index in [1.807, 2.05) is 67.9 Å². The lowest BCUT2D eigenvalue weighted by molar-refractivity contribution is 0.0909. The van der Waals surface area contributed by atoms with Gasteiger partial charge in [-0.2, -0.15) is 11.3 Å². The third-order valence-electron chi connectivity index (χ3n) is 3.71. The van der Waals surface area contributed by atoms with Crippen molar-refractivity contribution in [3.05, 3.63) is 46.2 Å². The van der Waals surface area contributed by atoms with Gasteiger partial charge in [0.25, 0.3) is 0 Å². The van der Waals surface area contributed by atoms with Gasteiger partial charge in [0.15, 0.2) is 5.78 Å². The predicted molar refractivity (Wildman–Crippen MR) is 89.0 cm³/mol. The van der Waals surface area contributed by atoms with Crippen LogP contribution in [0.25, 0.3) is 0 Å². The van der Waals surface area contributed by atoms with E-state index in [1.54, 1.807) is 18.4 Å². The van der Waals surface area contributed by atoms with Crippen LogP contribution in [0.5, 0.6) is 5.75 Å². The van der Waals surface area contributed by atoms with Crippen molar-refractivity contribution >= 4 is 22.8 Å². The number of benzene rings is 1. The topological polar surface area (TPSA) is 29.5 Å². The highest BCUT2D eigenvalue weighted by Crippen LogP contribution is 2.37. The van der Waals surface area contributed by atoms with E-state index in [2.05, 4.69) is 0 Å². The Bertz CT molecular complexity index is 630. The molecular formula is C17H21NO2S. The maximum absolute atomic E-state index is 12.8. The van der Waals surface area contributed by atoms with Gasteiger partial charge >= 0.3 is 0 Å². The van der Waals surface area contributed by atoms with E-state index in [9.17, 15) is 4.79 Å². The van der Waals surface area contributed by atoms with E-state index in [4.69, 9.17) is 4.74 Å². The molecule has 1 aromatic heterocycles. The molecule has 0 saturated heterocycles. The number of methoxy groups -OCH3 is 1. The number of ether oxygens (including phenoxy) is 1. The van der Waals surface area contributed by atoms with E-state index in [0.29, 0.717) is 0 Å². The zero-order valence-corrected chi connectivity index (χ0v) is 14.0.